The fraction of sp³-hybridized carbons (Fsp3) is 0.167. The molecular formula is C24H19NO5S. The number of fused-ring (bicyclic) bond motifs is 2. The number of nitrogens with one attached hydrogen (secondary N) is 1. The molecule has 1 unspecified atom stereocenters. The smallest absolute Gasteiger partial charge is 0.340 e. The molecule has 4 rings (SSSR count). The molecule has 0 spiro atoms. The van der Waals surface area contributed by atoms with Gasteiger partial charge in [-0.1, -0.05) is 24.3 Å². The van der Waals surface area contributed by atoms with Crippen molar-refractivity contribution in [1.29, 1.82) is 0 Å². The van der Waals surface area contributed by atoms with E-state index in [9.17, 15) is 19.2 Å². The van der Waals surface area contributed by atoms with Gasteiger partial charge in [0.1, 0.15) is 0 Å². The summed E-state index contributed by atoms with van der Waals surface area (Å²) in [6.45, 7) is 5.19. The molecule has 0 aliphatic heterocycles. The van der Waals surface area contributed by atoms with Gasteiger partial charge < -0.3 is 10.1 Å². The highest BCUT2D eigenvalue weighted by Gasteiger charge is 2.30. The number of anilines is 1. The number of rotatable bonds is 4. The van der Waals surface area contributed by atoms with Gasteiger partial charge in [0.05, 0.1) is 5.56 Å². The van der Waals surface area contributed by atoms with Crippen molar-refractivity contribution < 1.29 is 23.9 Å². The topological polar surface area (TPSA) is 89.5 Å². The lowest BCUT2D eigenvalue weighted by Crippen LogP contribution is -2.30. The number of thiophene rings is 1. The van der Waals surface area contributed by atoms with Crippen molar-refractivity contribution in [1.82, 2.24) is 0 Å². The summed E-state index contributed by atoms with van der Waals surface area (Å²) in [5, 5.41) is 2.65. The molecule has 2 aromatic carbocycles. The predicted octanol–water partition coefficient (Wildman–Crippen LogP) is 4.32. The zero-order valence-electron chi connectivity index (χ0n) is 17.1. The van der Waals surface area contributed by atoms with Crippen LogP contribution in [-0.4, -0.2) is 29.5 Å². The summed E-state index contributed by atoms with van der Waals surface area (Å²) in [6, 6.07) is 12.9. The van der Waals surface area contributed by atoms with Crippen molar-refractivity contribution >= 4 is 40.5 Å². The standard InChI is InChI=1S/C24H19NO5S/c1-12-10-19(14(3)31-12)24(29)30-13(2)23(28)25-15-8-9-18-20(11-15)22(27)17-7-5-4-6-16(17)21(18)26/h4-11,13H,1-3H3,(H,25,28). The second kappa shape index (κ2) is 7.92. The lowest BCUT2D eigenvalue weighted by Gasteiger charge is -2.19. The summed E-state index contributed by atoms with van der Waals surface area (Å²) >= 11 is 1.48. The van der Waals surface area contributed by atoms with Crippen LogP contribution in [-0.2, 0) is 9.53 Å². The van der Waals surface area contributed by atoms with Crippen LogP contribution < -0.4 is 5.32 Å². The van der Waals surface area contributed by atoms with Gasteiger partial charge in [0, 0.05) is 37.7 Å². The highest BCUT2D eigenvalue weighted by Crippen LogP contribution is 2.29. The van der Waals surface area contributed by atoms with E-state index in [-0.39, 0.29) is 17.1 Å². The van der Waals surface area contributed by atoms with E-state index in [0.717, 1.165) is 9.75 Å². The Hall–Kier alpha value is -3.58. The molecule has 7 heteroatoms. The van der Waals surface area contributed by atoms with Gasteiger partial charge in [-0.25, -0.2) is 4.79 Å². The molecule has 1 heterocycles. The van der Waals surface area contributed by atoms with Crippen LogP contribution in [0.4, 0.5) is 5.69 Å². The van der Waals surface area contributed by atoms with E-state index in [0.29, 0.717) is 27.9 Å². The number of hydrogen-bond acceptors (Lipinski definition) is 6. The third-order valence-electron chi connectivity index (χ3n) is 5.11. The fourth-order valence-electron chi connectivity index (χ4n) is 3.53. The highest BCUT2D eigenvalue weighted by molar-refractivity contribution is 7.12. The van der Waals surface area contributed by atoms with Crippen molar-refractivity contribution in [2.24, 2.45) is 0 Å². The third-order valence-corrected chi connectivity index (χ3v) is 6.07. The molecule has 31 heavy (non-hydrogen) atoms. The minimum atomic E-state index is -1.04. The molecule has 1 amide bonds. The summed E-state index contributed by atoms with van der Waals surface area (Å²) in [6.07, 6.45) is -1.04. The van der Waals surface area contributed by atoms with E-state index in [1.165, 1.54) is 30.4 Å². The summed E-state index contributed by atoms with van der Waals surface area (Å²) in [5.41, 5.74) is 2.02. The normalized spacial score (nSPS) is 13.3. The number of benzene rings is 2. The fourth-order valence-corrected chi connectivity index (χ4v) is 4.44. The Labute approximate surface area is 182 Å². The Morgan fingerprint density at radius 3 is 2.13 bits per heavy atom. The second-order valence-electron chi connectivity index (χ2n) is 7.33. The van der Waals surface area contributed by atoms with Gasteiger partial charge in [-0.3, -0.25) is 14.4 Å². The second-order valence-corrected chi connectivity index (χ2v) is 8.79. The number of aryl methyl sites for hydroxylation is 2. The third kappa shape index (κ3) is 3.80. The van der Waals surface area contributed by atoms with Gasteiger partial charge in [-0.05, 0) is 45.0 Å². The average molecular weight is 433 g/mol. The van der Waals surface area contributed by atoms with Crippen LogP contribution in [0, 0.1) is 13.8 Å². The van der Waals surface area contributed by atoms with Crippen LogP contribution in [0.5, 0.6) is 0 Å². The maximum absolute atomic E-state index is 12.8. The van der Waals surface area contributed by atoms with E-state index in [2.05, 4.69) is 5.32 Å². The Morgan fingerprint density at radius 2 is 1.52 bits per heavy atom. The zero-order chi connectivity index (χ0) is 22.3. The first-order valence-electron chi connectivity index (χ1n) is 9.67. The average Bonchev–Trinajstić information content (AvgIpc) is 3.10. The van der Waals surface area contributed by atoms with Crippen molar-refractivity contribution in [2.75, 3.05) is 5.32 Å². The zero-order valence-corrected chi connectivity index (χ0v) is 18.0. The number of carbonyl (C=O) groups is 4. The Bertz CT molecular complexity index is 1260. The van der Waals surface area contributed by atoms with Gasteiger partial charge in [0.25, 0.3) is 5.91 Å². The van der Waals surface area contributed by atoms with Crippen LogP contribution in [0.25, 0.3) is 0 Å². The van der Waals surface area contributed by atoms with E-state index in [1.54, 1.807) is 36.4 Å². The van der Waals surface area contributed by atoms with Crippen LogP contribution in [0.15, 0.2) is 48.5 Å². The Kier molecular flexibility index (Phi) is 5.29. The molecule has 1 aliphatic carbocycles. The molecule has 6 nitrogen and oxygen atoms in total. The van der Waals surface area contributed by atoms with E-state index < -0.39 is 18.0 Å². The molecule has 1 aromatic heterocycles. The number of esters is 1. The summed E-state index contributed by atoms with van der Waals surface area (Å²) in [5.74, 6) is -1.60. The molecule has 0 radical (unpaired) electrons. The minimum absolute atomic E-state index is 0.230. The monoisotopic (exact) mass is 433 g/mol. The molecule has 0 saturated heterocycles. The molecule has 1 aliphatic rings. The number of ketones is 2. The maximum atomic E-state index is 12.8. The number of hydrogen-bond donors (Lipinski definition) is 1. The van der Waals surface area contributed by atoms with Crippen molar-refractivity contribution in [3.63, 3.8) is 0 Å². The summed E-state index contributed by atoms with van der Waals surface area (Å²) in [7, 11) is 0. The first kappa shape index (κ1) is 20.7. The molecule has 156 valence electrons. The first-order chi connectivity index (χ1) is 14.8. The first-order valence-corrected chi connectivity index (χ1v) is 10.5. The molecular weight excluding hydrogens is 414 g/mol. The van der Waals surface area contributed by atoms with Gasteiger partial charge in [-0.2, -0.15) is 0 Å². The van der Waals surface area contributed by atoms with Crippen molar-refractivity contribution in [2.45, 2.75) is 26.9 Å². The van der Waals surface area contributed by atoms with E-state index in [1.807, 2.05) is 13.8 Å². The Balaban J connectivity index is 1.50. The lowest BCUT2D eigenvalue weighted by molar-refractivity contribution is -0.123. The lowest BCUT2D eigenvalue weighted by atomic mass is 9.84. The van der Waals surface area contributed by atoms with Crippen LogP contribution >= 0.6 is 11.3 Å². The molecule has 1 atom stereocenters. The van der Waals surface area contributed by atoms with Crippen molar-refractivity contribution in [3.8, 4) is 0 Å². The Morgan fingerprint density at radius 1 is 0.903 bits per heavy atom. The predicted molar refractivity (Wildman–Crippen MR) is 117 cm³/mol. The molecule has 0 bridgehead atoms. The van der Waals surface area contributed by atoms with Gasteiger partial charge in [0.2, 0.25) is 0 Å². The van der Waals surface area contributed by atoms with Gasteiger partial charge >= 0.3 is 5.97 Å². The quantitative estimate of drug-likeness (QED) is 0.484. The van der Waals surface area contributed by atoms with Crippen molar-refractivity contribution in [3.05, 3.63) is 86.1 Å². The summed E-state index contributed by atoms with van der Waals surface area (Å²) in [4.78, 5) is 52.2. The van der Waals surface area contributed by atoms with E-state index in [4.69, 9.17) is 4.74 Å². The highest BCUT2D eigenvalue weighted by atomic mass is 32.1. The number of amides is 1. The van der Waals surface area contributed by atoms with Crippen LogP contribution in [0.2, 0.25) is 0 Å². The largest absolute Gasteiger partial charge is 0.449 e. The molecule has 3 aromatic rings. The van der Waals surface area contributed by atoms with Gasteiger partial charge in [-0.15, -0.1) is 11.3 Å². The van der Waals surface area contributed by atoms with Crippen LogP contribution in [0.1, 0.15) is 58.9 Å². The number of ether oxygens (including phenoxy) is 1. The van der Waals surface area contributed by atoms with E-state index >= 15 is 0 Å². The van der Waals surface area contributed by atoms with Crippen LogP contribution in [0.3, 0.4) is 0 Å². The molecule has 0 saturated carbocycles. The summed E-state index contributed by atoms with van der Waals surface area (Å²) < 4.78 is 5.30. The molecule has 1 N–H and O–H groups in total. The molecule has 0 fully saturated rings. The maximum Gasteiger partial charge on any atom is 0.340 e. The number of carbonyl (C=O) groups excluding carboxylic acids is 4. The van der Waals surface area contributed by atoms with Gasteiger partial charge in [0.15, 0.2) is 17.7 Å². The SMILES string of the molecule is Cc1cc(C(=O)OC(C)C(=O)Nc2ccc3c(c2)C(=O)c2ccccc2C3=O)c(C)s1. The minimum Gasteiger partial charge on any atom is -0.449 e.